The van der Waals surface area contributed by atoms with E-state index >= 15 is 0 Å². The molecule has 1 aliphatic heterocycles. The van der Waals surface area contributed by atoms with Crippen LogP contribution in [0.15, 0.2) is 23.3 Å². The van der Waals surface area contributed by atoms with Crippen molar-refractivity contribution in [2.45, 2.75) is 31.7 Å². The number of ether oxygens (including phenoxy) is 1. The van der Waals surface area contributed by atoms with Gasteiger partial charge in [-0.25, -0.2) is 0 Å². The number of aliphatic hydroxyl groups is 2. The standard InChI is InChI=1S/C15H18O4/c1-6(2)9-7-3-4-8(9)11-10(7)12(17)14-15(5-16,19-14)13(11)18/h3-4,7-8,10-11,13-14,16,18H,5H2,1-2H3/t7-,8-,10+,11+,13-,14+,15+/m0/s1. The summed E-state index contributed by atoms with van der Waals surface area (Å²) >= 11 is 0. The zero-order valence-corrected chi connectivity index (χ0v) is 11.0. The summed E-state index contributed by atoms with van der Waals surface area (Å²) in [5, 5.41) is 20.1. The van der Waals surface area contributed by atoms with Crippen LogP contribution in [0.1, 0.15) is 13.8 Å². The lowest BCUT2D eigenvalue weighted by Gasteiger charge is -2.36. The summed E-state index contributed by atoms with van der Waals surface area (Å²) in [5.41, 5.74) is 1.52. The van der Waals surface area contributed by atoms with Gasteiger partial charge in [-0.05, 0) is 13.8 Å². The molecule has 0 aromatic heterocycles. The van der Waals surface area contributed by atoms with E-state index in [1.165, 1.54) is 11.1 Å². The van der Waals surface area contributed by atoms with E-state index in [1.807, 2.05) is 0 Å². The van der Waals surface area contributed by atoms with E-state index in [1.54, 1.807) is 0 Å². The van der Waals surface area contributed by atoms with Gasteiger partial charge in [-0.15, -0.1) is 0 Å². The van der Waals surface area contributed by atoms with Gasteiger partial charge in [0.1, 0.15) is 0 Å². The maximum atomic E-state index is 12.5. The Kier molecular flexibility index (Phi) is 2.10. The van der Waals surface area contributed by atoms with Crippen LogP contribution in [-0.2, 0) is 9.53 Å². The summed E-state index contributed by atoms with van der Waals surface area (Å²) in [7, 11) is 0. The zero-order chi connectivity index (χ0) is 13.5. The van der Waals surface area contributed by atoms with Crippen molar-refractivity contribution in [1.29, 1.82) is 0 Å². The van der Waals surface area contributed by atoms with Crippen LogP contribution in [0, 0.1) is 23.7 Å². The number of ketones is 1. The minimum Gasteiger partial charge on any atom is -0.393 e. The Morgan fingerprint density at radius 2 is 2.05 bits per heavy atom. The quantitative estimate of drug-likeness (QED) is 0.531. The van der Waals surface area contributed by atoms with E-state index in [4.69, 9.17) is 4.74 Å². The van der Waals surface area contributed by atoms with Crippen molar-refractivity contribution in [2.75, 3.05) is 6.61 Å². The molecule has 4 aliphatic rings. The first-order chi connectivity index (χ1) is 9.03. The van der Waals surface area contributed by atoms with Crippen molar-refractivity contribution in [1.82, 2.24) is 0 Å². The van der Waals surface area contributed by atoms with Crippen molar-refractivity contribution in [3.63, 3.8) is 0 Å². The fourth-order valence-corrected chi connectivity index (χ4v) is 4.63. The maximum absolute atomic E-state index is 12.5. The third kappa shape index (κ3) is 1.14. The topological polar surface area (TPSA) is 70.1 Å². The molecule has 2 bridgehead atoms. The number of carbonyl (C=O) groups is 1. The monoisotopic (exact) mass is 262 g/mol. The number of fused-ring (bicyclic) bond motifs is 6. The molecule has 2 N–H and O–H groups in total. The number of Topliss-reactive ketones (excluding diaryl/α,β-unsaturated/α-hetero) is 1. The molecule has 0 amide bonds. The highest BCUT2D eigenvalue weighted by molar-refractivity contribution is 5.93. The highest BCUT2D eigenvalue weighted by Crippen LogP contribution is 2.62. The number of rotatable bonds is 1. The first-order valence-electron chi connectivity index (χ1n) is 6.89. The number of hydrogen-bond acceptors (Lipinski definition) is 4. The van der Waals surface area contributed by atoms with Gasteiger partial charge in [-0.3, -0.25) is 4.79 Å². The first-order valence-corrected chi connectivity index (χ1v) is 6.89. The summed E-state index contributed by atoms with van der Waals surface area (Å²) in [6.45, 7) is 3.85. The van der Waals surface area contributed by atoms with Gasteiger partial charge in [0.25, 0.3) is 0 Å². The van der Waals surface area contributed by atoms with Crippen LogP contribution in [0.4, 0.5) is 0 Å². The predicted octanol–water partition coefficient (Wildman–Crippen LogP) is 0.445. The van der Waals surface area contributed by atoms with Gasteiger partial charge >= 0.3 is 0 Å². The highest BCUT2D eigenvalue weighted by Gasteiger charge is 2.75. The Morgan fingerprint density at radius 1 is 1.37 bits per heavy atom. The van der Waals surface area contributed by atoms with Crippen molar-refractivity contribution < 1.29 is 19.7 Å². The van der Waals surface area contributed by atoms with Crippen LogP contribution in [0.5, 0.6) is 0 Å². The molecule has 0 aromatic carbocycles. The molecule has 0 radical (unpaired) electrons. The Balaban J connectivity index is 1.82. The fraction of sp³-hybridized carbons (Fsp3) is 0.667. The summed E-state index contributed by atoms with van der Waals surface area (Å²) < 4.78 is 5.40. The zero-order valence-electron chi connectivity index (χ0n) is 11.0. The van der Waals surface area contributed by atoms with E-state index in [2.05, 4.69) is 26.0 Å². The normalized spacial score (nSPS) is 53.3. The molecule has 0 spiro atoms. The Morgan fingerprint density at radius 3 is 2.68 bits per heavy atom. The smallest absolute Gasteiger partial charge is 0.169 e. The Hall–Kier alpha value is -0.970. The van der Waals surface area contributed by atoms with Gasteiger partial charge < -0.3 is 14.9 Å². The molecule has 19 heavy (non-hydrogen) atoms. The van der Waals surface area contributed by atoms with E-state index < -0.39 is 17.8 Å². The average Bonchev–Trinajstić information content (AvgIpc) is 2.88. The van der Waals surface area contributed by atoms with Gasteiger partial charge in [0.2, 0.25) is 0 Å². The van der Waals surface area contributed by atoms with Crippen molar-refractivity contribution >= 4 is 5.78 Å². The molecule has 4 nitrogen and oxygen atoms in total. The van der Waals surface area contributed by atoms with Crippen LogP contribution in [0.2, 0.25) is 0 Å². The lowest BCUT2D eigenvalue weighted by atomic mass is 9.67. The predicted molar refractivity (Wildman–Crippen MR) is 67.2 cm³/mol. The largest absolute Gasteiger partial charge is 0.393 e. The second-order valence-corrected chi connectivity index (χ2v) is 6.45. The molecule has 2 saturated carbocycles. The SMILES string of the molecule is CC(C)=C1[C@@H]2C=C[C@@H]1[C@@H]1[C@@H]2C(=O)[C@H]2O[C@]2(CO)[C@H]1O. The van der Waals surface area contributed by atoms with Crippen LogP contribution < -0.4 is 0 Å². The lowest BCUT2D eigenvalue weighted by Crippen LogP contribution is -2.53. The van der Waals surface area contributed by atoms with Crippen molar-refractivity contribution in [2.24, 2.45) is 23.7 Å². The van der Waals surface area contributed by atoms with E-state index in [-0.39, 0.29) is 36.1 Å². The minimum absolute atomic E-state index is 0.0694. The summed E-state index contributed by atoms with van der Waals surface area (Å²) in [5.74, 6) is 0.0379. The highest BCUT2D eigenvalue weighted by atomic mass is 16.6. The number of epoxide rings is 1. The maximum Gasteiger partial charge on any atom is 0.169 e. The molecule has 3 fully saturated rings. The first kappa shape index (κ1) is 11.8. The second kappa shape index (κ2) is 3.37. The molecular weight excluding hydrogens is 244 g/mol. The molecular formula is C15H18O4. The van der Waals surface area contributed by atoms with Gasteiger partial charge in [0, 0.05) is 23.7 Å². The van der Waals surface area contributed by atoms with Crippen molar-refractivity contribution in [3.05, 3.63) is 23.3 Å². The Bertz CT molecular complexity index is 530. The van der Waals surface area contributed by atoms with Crippen LogP contribution in [-0.4, -0.2) is 40.4 Å². The van der Waals surface area contributed by atoms with E-state index in [9.17, 15) is 15.0 Å². The van der Waals surface area contributed by atoms with Gasteiger partial charge in [-0.1, -0.05) is 23.3 Å². The number of hydrogen-bond donors (Lipinski definition) is 2. The second-order valence-electron chi connectivity index (χ2n) is 6.45. The van der Waals surface area contributed by atoms with Crippen molar-refractivity contribution in [3.8, 4) is 0 Å². The minimum atomic E-state index is -1.01. The summed E-state index contributed by atoms with van der Waals surface area (Å²) in [4.78, 5) is 12.5. The van der Waals surface area contributed by atoms with Gasteiger partial charge in [0.15, 0.2) is 17.5 Å². The number of allylic oxidation sites excluding steroid dienone is 4. The number of aliphatic hydroxyl groups excluding tert-OH is 2. The summed E-state index contributed by atoms with van der Waals surface area (Å²) in [6.07, 6.45) is 2.87. The Labute approximate surface area is 111 Å². The molecule has 102 valence electrons. The third-order valence-corrected chi connectivity index (χ3v) is 5.46. The van der Waals surface area contributed by atoms with E-state index in [0.717, 1.165) is 0 Å². The van der Waals surface area contributed by atoms with Crippen LogP contribution in [0.3, 0.4) is 0 Å². The molecule has 1 heterocycles. The van der Waals surface area contributed by atoms with E-state index in [0.29, 0.717) is 0 Å². The molecule has 4 heteroatoms. The van der Waals surface area contributed by atoms with Gasteiger partial charge in [0.05, 0.1) is 12.7 Å². The molecule has 4 rings (SSSR count). The molecule has 1 saturated heterocycles. The van der Waals surface area contributed by atoms with Crippen LogP contribution in [0.25, 0.3) is 0 Å². The lowest BCUT2D eigenvalue weighted by molar-refractivity contribution is -0.131. The fourth-order valence-electron chi connectivity index (χ4n) is 4.63. The summed E-state index contributed by atoms with van der Waals surface area (Å²) in [6, 6.07) is 0. The number of carbonyl (C=O) groups excluding carboxylic acids is 1. The molecule has 3 aliphatic carbocycles. The molecule has 0 unspecified atom stereocenters. The van der Waals surface area contributed by atoms with Crippen LogP contribution >= 0.6 is 0 Å². The molecule has 0 aromatic rings. The average molecular weight is 262 g/mol. The molecule has 7 atom stereocenters. The van der Waals surface area contributed by atoms with Gasteiger partial charge in [-0.2, -0.15) is 0 Å². The third-order valence-electron chi connectivity index (χ3n) is 5.46.